The van der Waals surface area contributed by atoms with Crippen molar-refractivity contribution in [2.75, 3.05) is 0 Å². The second-order valence-electron chi connectivity index (χ2n) is 3.94. The average molecular weight is 228 g/mol. The fourth-order valence-electron chi connectivity index (χ4n) is 1.99. The quantitative estimate of drug-likeness (QED) is 0.521. The number of aryl methyl sites for hydroxylation is 1. The number of nitrogens with zero attached hydrogens (tertiary/aromatic N) is 1. The summed E-state index contributed by atoms with van der Waals surface area (Å²) in [4.78, 5) is 4.65. The molecule has 1 aromatic heterocycles. The van der Waals surface area contributed by atoms with Gasteiger partial charge in [0.15, 0.2) is 0 Å². The molecule has 78 valence electrons. The van der Waals surface area contributed by atoms with Gasteiger partial charge in [0, 0.05) is 15.8 Å². The highest BCUT2D eigenvalue weighted by Crippen LogP contribution is 2.26. The van der Waals surface area contributed by atoms with E-state index in [2.05, 4.69) is 30.1 Å². The van der Waals surface area contributed by atoms with Crippen molar-refractivity contribution in [1.29, 1.82) is 0 Å². The number of halogens is 1. The number of hydrogen-bond acceptors (Lipinski definition) is 1. The topological polar surface area (TPSA) is 12.9 Å². The van der Waals surface area contributed by atoms with Crippen molar-refractivity contribution in [2.45, 2.75) is 6.92 Å². The van der Waals surface area contributed by atoms with Crippen LogP contribution in [0.5, 0.6) is 0 Å². The molecule has 0 saturated carbocycles. The SMILES string of the molecule is Cc1cccc2cc3c(Cl)cccc3nc12. The lowest BCUT2D eigenvalue weighted by molar-refractivity contribution is 1.42. The Balaban J connectivity index is 2.54. The zero-order valence-corrected chi connectivity index (χ0v) is 9.62. The first-order chi connectivity index (χ1) is 7.75. The molecular formula is C14H10ClN. The second kappa shape index (κ2) is 3.46. The van der Waals surface area contributed by atoms with Crippen LogP contribution in [0.3, 0.4) is 0 Å². The summed E-state index contributed by atoms with van der Waals surface area (Å²) in [5, 5.41) is 2.91. The molecule has 0 aliphatic rings. The molecule has 2 heteroatoms. The average Bonchev–Trinajstić information content (AvgIpc) is 2.29. The Kier molecular flexibility index (Phi) is 2.08. The summed E-state index contributed by atoms with van der Waals surface area (Å²) in [5.74, 6) is 0. The minimum atomic E-state index is 0.758. The van der Waals surface area contributed by atoms with E-state index >= 15 is 0 Å². The first-order valence-corrected chi connectivity index (χ1v) is 5.58. The summed E-state index contributed by atoms with van der Waals surface area (Å²) < 4.78 is 0. The van der Waals surface area contributed by atoms with Crippen LogP contribution in [-0.4, -0.2) is 4.98 Å². The maximum atomic E-state index is 6.16. The van der Waals surface area contributed by atoms with Crippen molar-refractivity contribution in [3.05, 3.63) is 53.1 Å². The molecule has 0 fully saturated rings. The second-order valence-corrected chi connectivity index (χ2v) is 4.35. The normalized spacial score (nSPS) is 11.1. The van der Waals surface area contributed by atoms with Crippen molar-refractivity contribution in [3.63, 3.8) is 0 Å². The smallest absolute Gasteiger partial charge is 0.0738 e. The third-order valence-electron chi connectivity index (χ3n) is 2.83. The summed E-state index contributed by atoms with van der Waals surface area (Å²) >= 11 is 6.16. The molecule has 0 aliphatic heterocycles. The third-order valence-corrected chi connectivity index (χ3v) is 3.16. The van der Waals surface area contributed by atoms with Crippen LogP contribution in [0.2, 0.25) is 5.02 Å². The zero-order chi connectivity index (χ0) is 11.1. The van der Waals surface area contributed by atoms with E-state index < -0.39 is 0 Å². The van der Waals surface area contributed by atoms with Crippen LogP contribution in [0.25, 0.3) is 21.8 Å². The number of fused-ring (bicyclic) bond motifs is 2. The fourth-order valence-corrected chi connectivity index (χ4v) is 2.22. The van der Waals surface area contributed by atoms with Crippen LogP contribution >= 0.6 is 11.6 Å². The summed E-state index contributed by atoms with van der Waals surface area (Å²) in [6.45, 7) is 2.08. The number of rotatable bonds is 0. The molecule has 0 N–H and O–H groups in total. The molecule has 0 amide bonds. The molecule has 0 radical (unpaired) electrons. The lowest BCUT2D eigenvalue weighted by atomic mass is 10.1. The van der Waals surface area contributed by atoms with Gasteiger partial charge in [0.1, 0.15) is 0 Å². The van der Waals surface area contributed by atoms with Gasteiger partial charge in [-0.25, -0.2) is 4.98 Å². The predicted molar refractivity (Wildman–Crippen MR) is 69.0 cm³/mol. The van der Waals surface area contributed by atoms with E-state index in [9.17, 15) is 0 Å². The lowest BCUT2D eigenvalue weighted by Gasteiger charge is -2.05. The third kappa shape index (κ3) is 1.36. The van der Waals surface area contributed by atoms with Gasteiger partial charge in [-0.1, -0.05) is 35.9 Å². The highest BCUT2D eigenvalue weighted by atomic mass is 35.5. The zero-order valence-electron chi connectivity index (χ0n) is 8.87. The van der Waals surface area contributed by atoms with Crippen molar-refractivity contribution in [1.82, 2.24) is 4.98 Å². The summed E-state index contributed by atoms with van der Waals surface area (Å²) in [6, 6.07) is 14.1. The van der Waals surface area contributed by atoms with E-state index in [4.69, 9.17) is 11.6 Å². The van der Waals surface area contributed by atoms with Crippen molar-refractivity contribution >= 4 is 33.4 Å². The molecule has 0 atom stereocenters. The van der Waals surface area contributed by atoms with Crippen LogP contribution in [-0.2, 0) is 0 Å². The maximum absolute atomic E-state index is 6.16. The Morgan fingerprint density at radius 2 is 1.88 bits per heavy atom. The Labute approximate surface area is 98.7 Å². The fraction of sp³-hybridized carbons (Fsp3) is 0.0714. The minimum absolute atomic E-state index is 0.758. The highest BCUT2D eigenvalue weighted by Gasteiger charge is 2.03. The van der Waals surface area contributed by atoms with E-state index in [1.165, 1.54) is 5.56 Å². The highest BCUT2D eigenvalue weighted by molar-refractivity contribution is 6.35. The van der Waals surface area contributed by atoms with Crippen LogP contribution in [0, 0.1) is 6.92 Å². The van der Waals surface area contributed by atoms with Crippen molar-refractivity contribution in [3.8, 4) is 0 Å². The molecule has 2 aromatic carbocycles. The van der Waals surface area contributed by atoms with E-state index in [1.807, 2.05) is 24.3 Å². The van der Waals surface area contributed by atoms with Gasteiger partial charge in [0.2, 0.25) is 0 Å². The van der Waals surface area contributed by atoms with Crippen molar-refractivity contribution < 1.29 is 0 Å². The van der Waals surface area contributed by atoms with Gasteiger partial charge in [0.05, 0.1) is 11.0 Å². The van der Waals surface area contributed by atoms with Crippen LogP contribution in [0.1, 0.15) is 5.56 Å². The van der Waals surface area contributed by atoms with Gasteiger partial charge in [0.25, 0.3) is 0 Å². The standard InChI is InChI=1S/C14H10ClN/c1-9-4-2-5-10-8-11-12(15)6-3-7-13(11)16-14(9)10/h2-8H,1H3. The number of benzene rings is 2. The molecule has 0 spiro atoms. The van der Waals surface area contributed by atoms with Gasteiger partial charge >= 0.3 is 0 Å². The van der Waals surface area contributed by atoms with E-state index in [0.29, 0.717) is 0 Å². The first kappa shape index (κ1) is 9.61. The molecule has 0 aliphatic carbocycles. The van der Waals surface area contributed by atoms with Crippen LogP contribution in [0.4, 0.5) is 0 Å². The molecule has 1 heterocycles. The van der Waals surface area contributed by atoms with E-state index in [-0.39, 0.29) is 0 Å². The Bertz CT molecular complexity index is 627. The number of aromatic nitrogens is 1. The largest absolute Gasteiger partial charge is 0.247 e. The van der Waals surface area contributed by atoms with Gasteiger partial charge in [-0.15, -0.1) is 0 Å². The van der Waals surface area contributed by atoms with Crippen molar-refractivity contribution in [2.24, 2.45) is 0 Å². The Morgan fingerprint density at radius 3 is 2.75 bits per heavy atom. The molecular weight excluding hydrogens is 218 g/mol. The van der Waals surface area contributed by atoms with Gasteiger partial charge in [-0.2, -0.15) is 0 Å². The van der Waals surface area contributed by atoms with E-state index in [1.54, 1.807) is 0 Å². The monoisotopic (exact) mass is 227 g/mol. The summed E-state index contributed by atoms with van der Waals surface area (Å²) in [5.41, 5.74) is 3.20. The summed E-state index contributed by atoms with van der Waals surface area (Å²) in [7, 11) is 0. The van der Waals surface area contributed by atoms with Gasteiger partial charge in [-0.05, 0) is 30.7 Å². The molecule has 0 unspecified atom stereocenters. The molecule has 0 bridgehead atoms. The number of hydrogen-bond donors (Lipinski definition) is 0. The molecule has 3 rings (SSSR count). The molecule has 16 heavy (non-hydrogen) atoms. The summed E-state index contributed by atoms with van der Waals surface area (Å²) in [6.07, 6.45) is 0. The minimum Gasteiger partial charge on any atom is -0.247 e. The number of para-hydroxylation sites is 1. The Hall–Kier alpha value is -1.60. The first-order valence-electron chi connectivity index (χ1n) is 5.20. The molecule has 1 nitrogen and oxygen atoms in total. The van der Waals surface area contributed by atoms with Gasteiger partial charge < -0.3 is 0 Å². The number of pyridine rings is 1. The maximum Gasteiger partial charge on any atom is 0.0738 e. The Morgan fingerprint density at radius 1 is 1.06 bits per heavy atom. The van der Waals surface area contributed by atoms with E-state index in [0.717, 1.165) is 26.8 Å². The van der Waals surface area contributed by atoms with Crippen LogP contribution < -0.4 is 0 Å². The lowest BCUT2D eigenvalue weighted by Crippen LogP contribution is -1.85. The predicted octanol–water partition coefficient (Wildman–Crippen LogP) is 4.35. The molecule has 0 saturated heterocycles. The van der Waals surface area contributed by atoms with Crippen LogP contribution in [0.15, 0.2) is 42.5 Å². The van der Waals surface area contributed by atoms with Gasteiger partial charge in [-0.3, -0.25) is 0 Å². The molecule has 3 aromatic rings.